The molecule has 1 fully saturated rings. The van der Waals surface area contributed by atoms with E-state index in [0.717, 1.165) is 14.9 Å². The zero-order valence-electron chi connectivity index (χ0n) is 17.4. The Labute approximate surface area is 195 Å². The van der Waals surface area contributed by atoms with Crippen molar-refractivity contribution < 1.29 is 9.59 Å². The Balaban J connectivity index is 1.40. The van der Waals surface area contributed by atoms with Crippen molar-refractivity contribution in [3.05, 3.63) is 92.1 Å². The Hall–Kier alpha value is -2.44. The summed E-state index contributed by atoms with van der Waals surface area (Å²) in [5.74, 6) is 0.0130. The largest absolute Gasteiger partial charge is 0.344 e. The van der Waals surface area contributed by atoms with Crippen LogP contribution in [-0.4, -0.2) is 29.8 Å². The van der Waals surface area contributed by atoms with Crippen LogP contribution in [0.4, 0.5) is 0 Å². The zero-order valence-corrected chi connectivity index (χ0v) is 19.8. The zero-order chi connectivity index (χ0) is 21.8. The van der Waals surface area contributed by atoms with E-state index < -0.39 is 0 Å². The first-order chi connectivity index (χ1) is 15.0. The second-order valence-electron chi connectivity index (χ2n) is 7.94. The van der Waals surface area contributed by atoms with Crippen molar-refractivity contribution in [3.63, 3.8) is 0 Å². The van der Waals surface area contributed by atoms with E-state index in [9.17, 15) is 9.59 Å². The summed E-state index contributed by atoms with van der Waals surface area (Å²) < 4.78 is 0.952. The lowest BCUT2D eigenvalue weighted by atomic mass is 9.94. The van der Waals surface area contributed by atoms with Crippen LogP contribution in [0.5, 0.6) is 0 Å². The Bertz CT molecular complexity index is 1020. The maximum Gasteiger partial charge on any atom is 0.253 e. The molecule has 0 saturated carbocycles. The van der Waals surface area contributed by atoms with Gasteiger partial charge in [0.15, 0.2) is 0 Å². The average molecular weight is 497 g/mol. The van der Waals surface area contributed by atoms with Crippen molar-refractivity contribution in [2.24, 2.45) is 5.92 Å². The maximum atomic E-state index is 13.1. The summed E-state index contributed by atoms with van der Waals surface area (Å²) in [5, 5.41) is 5.31. The van der Waals surface area contributed by atoms with E-state index in [0.29, 0.717) is 31.5 Å². The lowest BCUT2D eigenvalue weighted by Crippen LogP contribution is -2.43. The van der Waals surface area contributed by atoms with Crippen LogP contribution in [0, 0.1) is 12.8 Å². The fraction of sp³-hybridized carbons (Fsp3) is 0.280. The van der Waals surface area contributed by atoms with Gasteiger partial charge < -0.3 is 10.2 Å². The number of nitrogens with zero attached hydrogens (tertiary/aromatic N) is 1. The van der Waals surface area contributed by atoms with Crippen molar-refractivity contribution >= 4 is 39.1 Å². The van der Waals surface area contributed by atoms with Gasteiger partial charge in [0.1, 0.15) is 0 Å². The lowest BCUT2D eigenvalue weighted by molar-refractivity contribution is -0.126. The van der Waals surface area contributed by atoms with Crippen LogP contribution in [0.25, 0.3) is 0 Å². The summed E-state index contributed by atoms with van der Waals surface area (Å²) in [6.45, 7) is 3.26. The molecule has 4 nitrogen and oxygen atoms in total. The van der Waals surface area contributed by atoms with Crippen LogP contribution in [0.15, 0.2) is 70.5 Å². The second-order valence-corrected chi connectivity index (χ2v) is 9.84. The molecular weight excluding hydrogens is 472 g/mol. The quantitative estimate of drug-likeness (QED) is 0.501. The smallest absolute Gasteiger partial charge is 0.253 e. The SMILES string of the molecule is Cc1ccc(C(NC(=O)C2CCN(C(=O)c3ccc(Br)cc3)CC2)c2cccs2)cc1. The molecule has 160 valence electrons. The molecule has 1 unspecified atom stereocenters. The van der Waals surface area contributed by atoms with Gasteiger partial charge >= 0.3 is 0 Å². The number of piperidine rings is 1. The first kappa shape index (κ1) is 21.8. The molecule has 0 radical (unpaired) electrons. The fourth-order valence-electron chi connectivity index (χ4n) is 3.91. The highest BCUT2D eigenvalue weighted by atomic mass is 79.9. The van der Waals surface area contributed by atoms with Gasteiger partial charge in [-0.2, -0.15) is 0 Å². The molecule has 1 aliphatic rings. The van der Waals surface area contributed by atoms with Crippen molar-refractivity contribution in [2.75, 3.05) is 13.1 Å². The number of nitrogens with one attached hydrogen (secondary N) is 1. The van der Waals surface area contributed by atoms with Crippen LogP contribution < -0.4 is 5.32 Å². The van der Waals surface area contributed by atoms with Crippen molar-refractivity contribution in [1.29, 1.82) is 0 Å². The Morgan fingerprint density at radius 1 is 1.03 bits per heavy atom. The van der Waals surface area contributed by atoms with Crippen LogP contribution in [0.2, 0.25) is 0 Å². The molecule has 0 aliphatic carbocycles. The second kappa shape index (κ2) is 9.79. The molecule has 1 N–H and O–H groups in total. The van der Waals surface area contributed by atoms with E-state index in [1.807, 2.05) is 40.6 Å². The molecule has 2 amide bonds. The number of amides is 2. The average Bonchev–Trinajstić information content (AvgIpc) is 3.33. The van der Waals surface area contributed by atoms with Gasteiger partial charge in [0, 0.05) is 33.9 Å². The Morgan fingerprint density at radius 2 is 1.71 bits per heavy atom. The van der Waals surface area contributed by atoms with E-state index >= 15 is 0 Å². The molecule has 0 spiro atoms. The standard InChI is InChI=1S/C25H25BrN2O2S/c1-17-4-6-18(7-5-17)23(22-3-2-16-31-22)27-24(29)19-12-14-28(15-13-19)25(30)20-8-10-21(26)11-9-20/h2-11,16,19,23H,12-15H2,1H3,(H,27,29). The summed E-state index contributed by atoms with van der Waals surface area (Å²) in [5.41, 5.74) is 2.97. The summed E-state index contributed by atoms with van der Waals surface area (Å²) >= 11 is 5.05. The third-order valence-electron chi connectivity index (χ3n) is 5.77. The normalized spacial score (nSPS) is 15.5. The third-order valence-corrected chi connectivity index (χ3v) is 7.23. The monoisotopic (exact) mass is 496 g/mol. The van der Waals surface area contributed by atoms with Gasteiger partial charge in [0.2, 0.25) is 5.91 Å². The minimum Gasteiger partial charge on any atom is -0.344 e. The van der Waals surface area contributed by atoms with Crippen LogP contribution >= 0.6 is 27.3 Å². The summed E-state index contributed by atoms with van der Waals surface area (Å²) in [6.07, 6.45) is 1.36. The molecule has 3 aromatic rings. The molecule has 31 heavy (non-hydrogen) atoms. The number of thiophene rings is 1. The number of aryl methyl sites for hydroxylation is 1. The van der Waals surface area contributed by atoms with E-state index in [4.69, 9.17) is 0 Å². The van der Waals surface area contributed by atoms with Gasteiger partial charge in [-0.15, -0.1) is 11.3 Å². The van der Waals surface area contributed by atoms with Crippen LogP contribution in [0.3, 0.4) is 0 Å². The number of hydrogen-bond acceptors (Lipinski definition) is 3. The van der Waals surface area contributed by atoms with Crippen LogP contribution in [0.1, 0.15) is 45.2 Å². The minimum atomic E-state index is -0.143. The van der Waals surface area contributed by atoms with Gasteiger partial charge in [-0.25, -0.2) is 0 Å². The molecule has 4 rings (SSSR count). The lowest BCUT2D eigenvalue weighted by Gasteiger charge is -2.32. The number of hydrogen-bond donors (Lipinski definition) is 1. The number of likely N-dealkylation sites (tertiary alicyclic amines) is 1. The first-order valence-corrected chi connectivity index (χ1v) is 12.1. The predicted octanol–water partition coefficient (Wildman–Crippen LogP) is 5.58. The van der Waals surface area contributed by atoms with Gasteiger partial charge in [0.05, 0.1) is 6.04 Å². The summed E-state index contributed by atoms with van der Waals surface area (Å²) in [7, 11) is 0. The van der Waals surface area contributed by atoms with Gasteiger partial charge in [-0.3, -0.25) is 9.59 Å². The van der Waals surface area contributed by atoms with Gasteiger partial charge in [0.25, 0.3) is 5.91 Å². The van der Waals surface area contributed by atoms with E-state index in [-0.39, 0.29) is 23.8 Å². The highest BCUT2D eigenvalue weighted by molar-refractivity contribution is 9.10. The fourth-order valence-corrected chi connectivity index (χ4v) is 4.98. The third kappa shape index (κ3) is 5.25. The number of carbonyl (C=O) groups excluding carboxylic acids is 2. The molecule has 1 aliphatic heterocycles. The molecule has 1 aromatic heterocycles. The Morgan fingerprint density at radius 3 is 2.32 bits per heavy atom. The molecule has 2 aromatic carbocycles. The number of rotatable bonds is 5. The van der Waals surface area contributed by atoms with Crippen LogP contribution in [-0.2, 0) is 4.79 Å². The topological polar surface area (TPSA) is 49.4 Å². The molecule has 6 heteroatoms. The predicted molar refractivity (Wildman–Crippen MR) is 128 cm³/mol. The van der Waals surface area contributed by atoms with Gasteiger partial charge in [-0.1, -0.05) is 51.8 Å². The van der Waals surface area contributed by atoms with E-state index in [1.165, 1.54) is 5.56 Å². The summed E-state index contributed by atoms with van der Waals surface area (Å²) in [4.78, 5) is 28.8. The highest BCUT2D eigenvalue weighted by Crippen LogP contribution is 2.28. The highest BCUT2D eigenvalue weighted by Gasteiger charge is 2.29. The molecule has 2 heterocycles. The summed E-state index contributed by atoms with van der Waals surface area (Å²) in [6, 6.07) is 19.7. The number of carbonyl (C=O) groups is 2. The number of benzene rings is 2. The van der Waals surface area contributed by atoms with E-state index in [1.54, 1.807) is 11.3 Å². The molecule has 0 bridgehead atoms. The van der Waals surface area contributed by atoms with Crippen molar-refractivity contribution in [3.8, 4) is 0 Å². The molecular formula is C25H25BrN2O2S. The molecule has 1 saturated heterocycles. The number of halogens is 1. The first-order valence-electron chi connectivity index (χ1n) is 10.5. The van der Waals surface area contributed by atoms with Crippen molar-refractivity contribution in [1.82, 2.24) is 10.2 Å². The minimum absolute atomic E-state index is 0.0301. The Kier molecular flexibility index (Phi) is 6.88. The van der Waals surface area contributed by atoms with E-state index in [2.05, 4.69) is 58.5 Å². The molecule has 1 atom stereocenters. The van der Waals surface area contributed by atoms with Crippen molar-refractivity contribution in [2.45, 2.75) is 25.8 Å². The maximum absolute atomic E-state index is 13.1. The van der Waals surface area contributed by atoms with Gasteiger partial charge in [-0.05, 0) is 61.0 Å².